The molecule has 2 N–H and O–H groups in total. The van der Waals surface area contributed by atoms with Crippen molar-refractivity contribution in [1.82, 2.24) is 5.32 Å². The van der Waals surface area contributed by atoms with E-state index in [9.17, 15) is 25.3 Å². The Kier molecular flexibility index (Phi) is 6.17. The van der Waals surface area contributed by atoms with Crippen LogP contribution >= 0.6 is 0 Å². The highest BCUT2D eigenvalue weighted by molar-refractivity contribution is 6.02. The number of nitrogens with one attached hydrogen (secondary N) is 1. The Morgan fingerprint density at radius 3 is 2.73 bits per heavy atom. The van der Waals surface area contributed by atoms with Gasteiger partial charge >= 0.3 is 5.69 Å². The average Bonchev–Trinajstić information content (AvgIpc) is 2.62. The number of carbonyl (C=O) groups is 1. The first-order valence-electron chi connectivity index (χ1n) is 8.35. The number of rotatable bonds is 5. The summed E-state index contributed by atoms with van der Waals surface area (Å²) in [5.74, 6) is -0.888. The van der Waals surface area contributed by atoms with Crippen LogP contribution in [0.4, 0.5) is 5.69 Å². The summed E-state index contributed by atoms with van der Waals surface area (Å²) in [7, 11) is 1.26. The molecule has 138 valence electrons. The molecule has 0 radical (unpaired) electrons. The molecule has 0 bridgehead atoms. The standard InChI is InChI=1S/C18H21N3O5/c1-11-5-3-4-6-14(11)20-18(23)13(10-19)7-12-8-15(21(24)25)17(22)16(9-12)26-2/h7-9,11,14,22H,3-6H2,1-2H3,(H,20,23)/b13-7+/t11-,14+/m1/s1. The van der Waals surface area contributed by atoms with E-state index in [-0.39, 0.29) is 22.9 Å². The number of benzene rings is 1. The molecule has 0 heterocycles. The number of amides is 1. The number of ether oxygens (including phenoxy) is 1. The summed E-state index contributed by atoms with van der Waals surface area (Å²) >= 11 is 0. The van der Waals surface area contributed by atoms with Crippen molar-refractivity contribution in [3.8, 4) is 17.6 Å². The van der Waals surface area contributed by atoms with Gasteiger partial charge < -0.3 is 15.2 Å². The van der Waals surface area contributed by atoms with Gasteiger partial charge in [0.25, 0.3) is 5.91 Å². The van der Waals surface area contributed by atoms with Gasteiger partial charge in [-0.3, -0.25) is 14.9 Å². The number of phenolic OH excluding ortho intramolecular Hbond substituents is 1. The van der Waals surface area contributed by atoms with Gasteiger partial charge in [-0.2, -0.15) is 5.26 Å². The van der Waals surface area contributed by atoms with Crippen molar-refractivity contribution < 1.29 is 19.6 Å². The Morgan fingerprint density at radius 1 is 1.46 bits per heavy atom. The van der Waals surface area contributed by atoms with E-state index in [1.807, 2.05) is 6.07 Å². The topological polar surface area (TPSA) is 125 Å². The summed E-state index contributed by atoms with van der Waals surface area (Å²) in [4.78, 5) is 22.7. The number of hydrogen-bond donors (Lipinski definition) is 2. The minimum atomic E-state index is -0.759. The average molecular weight is 359 g/mol. The Morgan fingerprint density at radius 2 is 2.15 bits per heavy atom. The largest absolute Gasteiger partial charge is 0.500 e. The van der Waals surface area contributed by atoms with E-state index in [4.69, 9.17) is 4.74 Å². The lowest BCUT2D eigenvalue weighted by molar-refractivity contribution is -0.386. The molecule has 1 saturated carbocycles. The second-order valence-electron chi connectivity index (χ2n) is 6.36. The monoisotopic (exact) mass is 359 g/mol. The second kappa shape index (κ2) is 8.34. The molecule has 1 fully saturated rings. The molecule has 1 aliphatic carbocycles. The van der Waals surface area contributed by atoms with Crippen LogP contribution < -0.4 is 10.1 Å². The van der Waals surface area contributed by atoms with E-state index in [2.05, 4.69) is 12.2 Å². The second-order valence-corrected chi connectivity index (χ2v) is 6.36. The lowest BCUT2D eigenvalue weighted by Gasteiger charge is -2.29. The van der Waals surface area contributed by atoms with Crippen LogP contribution in [0.25, 0.3) is 6.08 Å². The lowest BCUT2D eigenvalue weighted by Crippen LogP contribution is -2.41. The van der Waals surface area contributed by atoms with E-state index in [1.54, 1.807) is 0 Å². The molecular formula is C18H21N3O5. The molecule has 8 heteroatoms. The van der Waals surface area contributed by atoms with Gasteiger partial charge in [0.05, 0.1) is 12.0 Å². The van der Waals surface area contributed by atoms with Gasteiger partial charge in [-0.15, -0.1) is 0 Å². The Labute approximate surface area is 151 Å². The van der Waals surface area contributed by atoms with Crippen molar-refractivity contribution in [2.45, 2.75) is 38.6 Å². The molecule has 0 aromatic heterocycles. The third kappa shape index (κ3) is 4.30. The molecular weight excluding hydrogens is 338 g/mol. The van der Waals surface area contributed by atoms with Gasteiger partial charge in [-0.25, -0.2) is 0 Å². The highest BCUT2D eigenvalue weighted by atomic mass is 16.6. The summed E-state index contributed by atoms with van der Waals surface area (Å²) in [5, 5.41) is 33.0. The summed E-state index contributed by atoms with van der Waals surface area (Å²) in [6.07, 6.45) is 5.30. The SMILES string of the molecule is COc1cc(/C=C(\C#N)C(=O)N[C@H]2CCCC[C@H]2C)cc([N+](=O)[O-])c1O. The number of hydrogen-bond acceptors (Lipinski definition) is 6. The molecule has 0 spiro atoms. The van der Waals surface area contributed by atoms with Gasteiger partial charge in [0, 0.05) is 12.1 Å². The third-order valence-corrected chi connectivity index (χ3v) is 4.60. The lowest BCUT2D eigenvalue weighted by atomic mass is 9.86. The van der Waals surface area contributed by atoms with Crippen molar-refractivity contribution in [2.24, 2.45) is 5.92 Å². The number of phenols is 1. The zero-order chi connectivity index (χ0) is 19.3. The number of carbonyl (C=O) groups excluding carboxylic acids is 1. The fourth-order valence-corrected chi connectivity index (χ4v) is 3.08. The quantitative estimate of drug-likeness (QED) is 0.360. The van der Waals surface area contributed by atoms with E-state index < -0.39 is 22.3 Å². The Hall–Kier alpha value is -3.08. The number of nitro groups is 1. The van der Waals surface area contributed by atoms with Crippen molar-refractivity contribution >= 4 is 17.7 Å². The highest BCUT2D eigenvalue weighted by Crippen LogP contribution is 2.37. The van der Waals surface area contributed by atoms with Crippen LogP contribution in [0.1, 0.15) is 38.2 Å². The molecule has 0 unspecified atom stereocenters. The van der Waals surface area contributed by atoms with Crippen molar-refractivity contribution in [2.75, 3.05) is 7.11 Å². The van der Waals surface area contributed by atoms with Crippen LogP contribution in [0.5, 0.6) is 11.5 Å². The van der Waals surface area contributed by atoms with Crippen LogP contribution in [-0.4, -0.2) is 29.1 Å². The number of methoxy groups -OCH3 is 1. The zero-order valence-corrected chi connectivity index (χ0v) is 14.7. The van der Waals surface area contributed by atoms with Gasteiger partial charge in [0.1, 0.15) is 11.6 Å². The fraction of sp³-hybridized carbons (Fsp3) is 0.444. The summed E-state index contributed by atoms with van der Waals surface area (Å²) < 4.78 is 4.92. The van der Waals surface area contributed by atoms with E-state index in [0.29, 0.717) is 5.92 Å². The fourth-order valence-electron chi connectivity index (χ4n) is 3.08. The molecule has 1 aromatic carbocycles. The molecule has 0 saturated heterocycles. The van der Waals surface area contributed by atoms with Crippen LogP contribution in [-0.2, 0) is 4.79 Å². The van der Waals surface area contributed by atoms with E-state index in [0.717, 1.165) is 31.7 Å². The smallest absolute Gasteiger partial charge is 0.315 e. The molecule has 8 nitrogen and oxygen atoms in total. The van der Waals surface area contributed by atoms with Crippen molar-refractivity contribution in [3.05, 3.63) is 33.4 Å². The first-order chi connectivity index (χ1) is 12.4. The molecule has 2 rings (SSSR count). The predicted molar refractivity (Wildman–Crippen MR) is 94.5 cm³/mol. The van der Waals surface area contributed by atoms with Crippen LogP contribution in [0, 0.1) is 27.4 Å². The van der Waals surface area contributed by atoms with Crippen molar-refractivity contribution in [3.63, 3.8) is 0 Å². The first kappa shape index (κ1) is 19.2. The number of aromatic hydroxyl groups is 1. The molecule has 1 amide bonds. The van der Waals surface area contributed by atoms with Gasteiger partial charge in [-0.1, -0.05) is 19.8 Å². The first-order valence-corrected chi connectivity index (χ1v) is 8.35. The predicted octanol–water partition coefficient (Wildman–Crippen LogP) is 2.91. The van der Waals surface area contributed by atoms with E-state index >= 15 is 0 Å². The van der Waals surface area contributed by atoms with Crippen LogP contribution in [0.3, 0.4) is 0 Å². The summed E-state index contributed by atoms with van der Waals surface area (Å²) in [6.45, 7) is 2.06. The maximum absolute atomic E-state index is 12.4. The zero-order valence-electron chi connectivity index (χ0n) is 14.7. The highest BCUT2D eigenvalue weighted by Gasteiger charge is 2.24. The van der Waals surface area contributed by atoms with Crippen LogP contribution in [0.2, 0.25) is 0 Å². The minimum Gasteiger partial charge on any atom is -0.500 e. The normalized spacial score (nSPS) is 20.1. The van der Waals surface area contributed by atoms with E-state index in [1.165, 1.54) is 19.3 Å². The Bertz CT molecular complexity index is 782. The summed E-state index contributed by atoms with van der Waals surface area (Å²) in [5.41, 5.74) is -0.506. The van der Waals surface area contributed by atoms with Crippen LogP contribution in [0.15, 0.2) is 17.7 Å². The van der Waals surface area contributed by atoms with Gasteiger partial charge in [0.2, 0.25) is 5.75 Å². The summed E-state index contributed by atoms with van der Waals surface area (Å²) in [6, 6.07) is 4.26. The molecule has 1 aliphatic rings. The van der Waals surface area contributed by atoms with Crippen molar-refractivity contribution in [1.29, 1.82) is 5.26 Å². The Balaban J connectivity index is 2.30. The molecule has 2 atom stereocenters. The number of nitrogens with zero attached hydrogens (tertiary/aromatic N) is 2. The molecule has 0 aliphatic heterocycles. The minimum absolute atomic E-state index is 0.0108. The van der Waals surface area contributed by atoms with Gasteiger partial charge in [-0.05, 0) is 36.5 Å². The number of nitriles is 1. The molecule has 26 heavy (non-hydrogen) atoms. The van der Waals surface area contributed by atoms with Gasteiger partial charge in [0.15, 0.2) is 5.75 Å². The number of nitro benzene ring substituents is 1. The third-order valence-electron chi connectivity index (χ3n) is 4.60. The molecule has 1 aromatic rings. The maximum atomic E-state index is 12.4. The maximum Gasteiger partial charge on any atom is 0.315 e.